The minimum atomic E-state index is 0.237. The van der Waals surface area contributed by atoms with Crippen LogP contribution in [0.4, 0.5) is 0 Å². The van der Waals surface area contributed by atoms with E-state index in [4.69, 9.17) is 4.74 Å². The molecule has 27 heavy (non-hydrogen) atoms. The fraction of sp³-hybridized carbons (Fsp3) is 0.591. The van der Waals surface area contributed by atoms with Crippen molar-refractivity contribution in [3.63, 3.8) is 0 Å². The second-order valence-electron chi connectivity index (χ2n) is 8.03. The van der Waals surface area contributed by atoms with Crippen LogP contribution in [-0.2, 0) is 24.1 Å². The lowest BCUT2D eigenvalue weighted by atomic mass is 10.0. The number of nitrogens with zero attached hydrogens (tertiary/aromatic N) is 3. The summed E-state index contributed by atoms with van der Waals surface area (Å²) in [7, 11) is 1.66. The number of ketones is 1. The third-order valence-electron chi connectivity index (χ3n) is 5.33. The fourth-order valence-corrected chi connectivity index (χ4v) is 3.50. The zero-order valence-electron chi connectivity index (χ0n) is 17.0. The molecule has 1 aromatic heterocycles. The average molecular weight is 370 g/mol. The van der Waals surface area contributed by atoms with Crippen LogP contribution in [0, 0.1) is 12.8 Å². The molecule has 3 rings (SSSR count). The normalized spacial score (nSPS) is 14.0. The Morgan fingerprint density at radius 1 is 1.22 bits per heavy atom. The number of rotatable bonds is 10. The number of ether oxygens (including phenoxy) is 1. The van der Waals surface area contributed by atoms with Crippen LogP contribution in [0.1, 0.15) is 68.3 Å². The van der Waals surface area contributed by atoms with Crippen LogP contribution in [0.2, 0.25) is 0 Å². The molecule has 0 aliphatic heterocycles. The Bertz CT molecular complexity index is 791. The van der Waals surface area contributed by atoms with Gasteiger partial charge >= 0.3 is 0 Å². The van der Waals surface area contributed by atoms with Crippen molar-refractivity contribution < 1.29 is 9.53 Å². The molecule has 5 nitrogen and oxygen atoms in total. The van der Waals surface area contributed by atoms with Gasteiger partial charge in [-0.3, -0.25) is 4.79 Å². The molecule has 0 amide bonds. The van der Waals surface area contributed by atoms with Crippen molar-refractivity contribution in [2.75, 3.05) is 7.11 Å². The molecule has 0 atom stereocenters. The molecule has 0 saturated heterocycles. The van der Waals surface area contributed by atoms with E-state index >= 15 is 0 Å². The lowest BCUT2D eigenvalue weighted by molar-refractivity contribution is -0.118. The van der Waals surface area contributed by atoms with Crippen molar-refractivity contribution in [1.29, 1.82) is 0 Å². The van der Waals surface area contributed by atoms with Gasteiger partial charge in [-0.15, -0.1) is 10.2 Å². The summed E-state index contributed by atoms with van der Waals surface area (Å²) < 4.78 is 7.67. The number of Topliss-reactive ketones (excluding diaryl/α,β-unsaturated/α-hetero) is 1. The zero-order valence-corrected chi connectivity index (χ0v) is 17.0. The highest BCUT2D eigenvalue weighted by Gasteiger charge is 2.29. The molecule has 1 heterocycles. The highest BCUT2D eigenvalue weighted by atomic mass is 16.5. The first-order valence-corrected chi connectivity index (χ1v) is 10.1. The van der Waals surface area contributed by atoms with Gasteiger partial charge in [-0.2, -0.15) is 0 Å². The van der Waals surface area contributed by atoms with Gasteiger partial charge in [-0.25, -0.2) is 0 Å². The molecule has 0 unspecified atom stereocenters. The summed E-state index contributed by atoms with van der Waals surface area (Å²) in [6.45, 7) is 6.47. The van der Waals surface area contributed by atoms with Crippen LogP contribution in [-0.4, -0.2) is 27.7 Å². The summed E-state index contributed by atoms with van der Waals surface area (Å²) in [5, 5.41) is 8.85. The SMILES string of the molecule is COc1cccc(CC(=O)CCc2nnc(CCC(C)C)n2C2CC2)c1C. The summed E-state index contributed by atoms with van der Waals surface area (Å²) in [6.07, 6.45) is 6.13. The number of carbonyl (C=O) groups excluding carboxylic acids is 1. The molecule has 1 aliphatic rings. The van der Waals surface area contributed by atoms with Gasteiger partial charge in [0.05, 0.1) is 7.11 Å². The smallest absolute Gasteiger partial charge is 0.137 e. The lowest BCUT2D eigenvalue weighted by Crippen LogP contribution is -2.11. The highest BCUT2D eigenvalue weighted by molar-refractivity contribution is 5.81. The van der Waals surface area contributed by atoms with E-state index in [1.54, 1.807) is 7.11 Å². The Labute approximate surface area is 162 Å². The molecular formula is C22H31N3O2. The second-order valence-corrected chi connectivity index (χ2v) is 8.03. The van der Waals surface area contributed by atoms with Crippen molar-refractivity contribution in [3.8, 4) is 5.75 Å². The number of hydrogen-bond donors (Lipinski definition) is 0. The largest absolute Gasteiger partial charge is 0.496 e. The van der Waals surface area contributed by atoms with Crippen molar-refractivity contribution in [2.45, 2.75) is 71.8 Å². The van der Waals surface area contributed by atoms with Crippen molar-refractivity contribution in [1.82, 2.24) is 14.8 Å². The van der Waals surface area contributed by atoms with Crippen LogP contribution in [0.5, 0.6) is 5.75 Å². The van der Waals surface area contributed by atoms with Crippen LogP contribution < -0.4 is 4.74 Å². The zero-order chi connectivity index (χ0) is 19.4. The van der Waals surface area contributed by atoms with Gasteiger partial charge in [-0.05, 0) is 49.3 Å². The van der Waals surface area contributed by atoms with Crippen LogP contribution in [0.15, 0.2) is 18.2 Å². The Kier molecular flexibility index (Phi) is 6.30. The number of benzene rings is 1. The van der Waals surface area contributed by atoms with Gasteiger partial charge in [0.2, 0.25) is 0 Å². The number of aryl methyl sites for hydroxylation is 2. The number of carbonyl (C=O) groups is 1. The van der Waals surface area contributed by atoms with Gasteiger partial charge in [0, 0.05) is 31.7 Å². The van der Waals surface area contributed by atoms with Gasteiger partial charge in [-0.1, -0.05) is 26.0 Å². The Balaban J connectivity index is 1.62. The molecule has 1 fully saturated rings. The van der Waals surface area contributed by atoms with Crippen molar-refractivity contribution >= 4 is 5.78 Å². The van der Waals surface area contributed by atoms with E-state index < -0.39 is 0 Å². The number of aromatic nitrogens is 3. The first-order chi connectivity index (χ1) is 13.0. The molecule has 0 bridgehead atoms. The fourth-order valence-electron chi connectivity index (χ4n) is 3.50. The lowest BCUT2D eigenvalue weighted by Gasteiger charge is -2.11. The quantitative estimate of drug-likeness (QED) is 0.628. The van der Waals surface area contributed by atoms with Gasteiger partial charge in [0.15, 0.2) is 0 Å². The maximum Gasteiger partial charge on any atom is 0.137 e. The molecule has 1 aliphatic carbocycles. The van der Waals surface area contributed by atoms with E-state index in [1.165, 1.54) is 12.8 Å². The van der Waals surface area contributed by atoms with Crippen LogP contribution in [0.3, 0.4) is 0 Å². The monoisotopic (exact) mass is 369 g/mol. The summed E-state index contributed by atoms with van der Waals surface area (Å²) >= 11 is 0. The molecule has 1 aromatic carbocycles. The number of hydrogen-bond acceptors (Lipinski definition) is 4. The van der Waals surface area contributed by atoms with E-state index in [-0.39, 0.29) is 5.78 Å². The minimum Gasteiger partial charge on any atom is -0.496 e. The van der Waals surface area contributed by atoms with E-state index in [0.29, 0.717) is 31.2 Å². The van der Waals surface area contributed by atoms with Gasteiger partial charge in [0.25, 0.3) is 0 Å². The second kappa shape index (κ2) is 8.68. The molecule has 146 valence electrons. The molecular weight excluding hydrogens is 338 g/mol. The van der Waals surface area contributed by atoms with E-state index in [0.717, 1.165) is 41.4 Å². The summed E-state index contributed by atoms with van der Waals surface area (Å²) in [5.41, 5.74) is 2.09. The maximum atomic E-state index is 12.6. The van der Waals surface area contributed by atoms with Crippen molar-refractivity contribution in [3.05, 3.63) is 41.0 Å². The summed E-state index contributed by atoms with van der Waals surface area (Å²) in [6, 6.07) is 6.43. The van der Waals surface area contributed by atoms with Crippen molar-refractivity contribution in [2.24, 2.45) is 5.92 Å². The summed E-state index contributed by atoms with van der Waals surface area (Å²) in [5.74, 6) is 3.80. The third kappa shape index (κ3) is 4.96. The standard InChI is InChI=1S/C22H31N3O2/c1-15(2)8-12-21-23-24-22(25(21)18-9-10-18)13-11-19(26)14-17-6-5-7-20(27-4)16(17)3/h5-7,15,18H,8-14H2,1-4H3. The van der Waals surface area contributed by atoms with Gasteiger partial charge in [0.1, 0.15) is 23.2 Å². The number of methoxy groups -OCH3 is 1. The average Bonchev–Trinajstić information content (AvgIpc) is 3.40. The highest BCUT2D eigenvalue weighted by Crippen LogP contribution is 2.37. The first-order valence-electron chi connectivity index (χ1n) is 10.1. The maximum absolute atomic E-state index is 12.6. The van der Waals surface area contributed by atoms with E-state index in [2.05, 4.69) is 28.6 Å². The Hall–Kier alpha value is -2.17. The predicted molar refractivity (Wildman–Crippen MR) is 106 cm³/mol. The molecule has 1 saturated carbocycles. The minimum absolute atomic E-state index is 0.237. The third-order valence-corrected chi connectivity index (χ3v) is 5.33. The molecule has 0 radical (unpaired) electrons. The first kappa shape index (κ1) is 19.6. The summed E-state index contributed by atoms with van der Waals surface area (Å²) in [4.78, 5) is 12.6. The van der Waals surface area contributed by atoms with Crippen LogP contribution in [0.25, 0.3) is 0 Å². The Morgan fingerprint density at radius 3 is 2.56 bits per heavy atom. The topological polar surface area (TPSA) is 57.0 Å². The van der Waals surface area contributed by atoms with Crippen LogP contribution >= 0.6 is 0 Å². The molecule has 0 N–H and O–H groups in total. The van der Waals surface area contributed by atoms with E-state index in [9.17, 15) is 4.79 Å². The predicted octanol–water partition coefficient (Wildman–Crippen LogP) is 4.26. The molecule has 0 spiro atoms. The molecule has 2 aromatic rings. The Morgan fingerprint density at radius 2 is 1.93 bits per heavy atom. The van der Waals surface area contributed by atoms with E-state index in [1.807, 2.05) is 25.1 Å². The molecule has 5 heteroatoms. The van der Waals surface area contributed by atoms with Gasteiger partial charge < -0.3 is 9.30 Å².